The highest BCUT2D eigenvalue weighted by Gasteiger charge is 2.29. The van der Waals surface area contributed by atoms with Crippen LogP contribution in [-0.2, 0) is 13.0 Å². The highest BCUT2D eigenvalue weighted by atomic mass is 16.6. The first-order valence-corrected chi connectivity index (χ1v) is 9.07. The molecule has 10 nitrogen and oxygen atoms in total. The molecule has 0 aromatic carbocycles. The van der Waals surface area contributed by atoms with Crippen LogP contribution in [0.2, 0.25) is 0 Å². The van der Waals surface area contributed by atoms with E-state index in [0.717, 1.165) is 57.0 Å². The third-order valence-corrected chi connectivity index (χ3v) is 5.19. The maximum Gasteiger partial charge on any atom is 0.329 e. The van der Waals surface area contributed by atoms with Crippen molar-refractivity contribution in [2.45, 2.75) is 51.0 Å². The molecule has 2 aromatic rings. The van der Waals surface area contributed by atoms with Gasteiger partial charge in [-0.25, -0.2) is 4.98 Å². The van der Waals surface area contributed by atoms with Crippen molar-refractivity contribution in [2.75, 3.05) is 23.7 Å². The van der Waals surface area contributed by atoms with Gasteiger partial charge in [-0.05, 0) is 25.7 Å². The number of aromatic nitrogens is 5. The van der Waals surface area contributed by atoms with Gasteiger partial charge in [0.2, 0.25) is 11.8 Å². The Morgan fingerprint density at radius 1 is 1.19 bits per heavy atom. The van der Waals surface area contributed by atoms with Gasteiger partial charge in [0.15, 0.2) is 0 Å². The lowest BCUT2D eigenvalue weighted by atomic mass is 9.97. The van der Waals surface area contributed by atoms with Crippen LogP contribution in [0.4, 0.5) is 17.5 Å². The molecule has 1 unspecified atom stereocenters. The second kappa shape index (κ2) is 6.85. The smallest absolute Gasteiger partial charge is 0.329 e. The van der Waals surface area contributed by atoms with E-state index in [4.69, 9.17) is 5.73 Å². The molecule has 0 saturated carbocycles. The van der Waals surface area contributed by atoms with Crippen LogP contribution in [-0.4, -0.2) is 42.7 Å². The van der Waals surface area contributed by atoms with E-state index in [2.05, 4.69) is 24.7 Å². The van der Waals surface area contributed by atoms with Gasteiger partial charge in [0.25, 0.3) is 0 Å². The molecule has 4 heterocycles. The Hall–Kier alpha value is -2.78. The summed E-state index contributed by atoms with van der Waals surface area (Å²) in [6.07, 6.45) is 7.76. The summed E-state index contributed by atoms with van der Waals surface area (Å²) in [6.45, 7) is 2.50. The first-order chi connectivity index (χ1) is 12.6. The van der Waals surface area contributed by atoms with Crippen LogP contribution in [0, 0.1) is 10.1 Å². The lowest BCUT2D eigenvalue weighted by Crippen LogP contribution is -2.36. The summed E-state index contributed by atoms with van der Waals surface area (Å²) in [6, 6.07) is 0. The Morgan fingerprint density at radius 2 is 2.08 bits per heavy atom. The number of hydrogen-bond donors (Lipinski definition) is 1. The first kappa shape index (κ1) is 16.7. The predicted octanol–water partition coefficient (Wildman–Crippen LogP) is 1.67. The van der Waals surface area contributed by atoms with Gasteiger partial charge >= 0.3 is 5.69 Å². The largest absolute Gasteiger partial charge is 0.378 e. The number of nitrogens with two attached hydrogens (primary N) is 1. The van der Waals surface area contributed by atoms with Gasteiger partial charge in [0.1, 0.15) is 17.8 Å². The predicted molar refractivity (Wildman–Crippen MR) is 94.9 cm³/mol. The number of piperidine rings is 1. The van der Waals surface area contributed by atoms with E-state index >= 15 is 0 Å². The van der Waals surface area contributed by atoms with Gasteiger partial charge in [-0.1, -0.05) is 6.42 Å². The van der Waals surface area contributed by atoms with E-state index < -0.39 is 4.92 Å². The van der Waals surface area contributed by atoms with E-state index in [1.165, 1.54) is 19.0 Å². The lowest BCUT2D eigenvalue weighted by molar-refractivity contribution is -0.384. The van der Waals surface area contributed by atoms with Crippen LogP contribution in [0.1, 0.15) is 49.7 Å². The van der Waals surface area contributed by atoms with Crippen molar-refractivity contribution in [1.82, 2.24) is 24.7 Å². The van der Waals surface area contributed by atoms with Crippen molar-refractivity contribution in [2.24, 2.45) is 0 Å². The second-order valence-corrected chi connectivity index (χ2v) is 6.92. The van der Waals surface area contributed by atoms with Gasteiger partial charge in [0, 0.05) is 32.0 Å². The molecular formula is C16H22N8O2. The minimum absolute atomic E-state index is 0.0986. The van der Waals surface area contributed by atoms with Crippen molar-refractivity contribution < 1.29 is 4.92 Å². The molecule has 1 atom stereocenters. The molecule has 4 rings (SSSR count). The Morgan fingerprint density at radius 3 is 2.88 bits per heavy atom. The molecule has 1 fully saturated rings. The van der Waals surface area contributed by atoms with Crippen LogP contribution in [0.15, 0.2) is 6.20 Å². The van der Waals surface area contributed by atoms with E-state index in [1.807, 2.05) is 4.90 Å². The fraction of sp³-hybridized carbons (Fsp3) is 0.625. The Bertz CT molecular complexity index is 821. The fourth-order valence-corrected chi connectivity index (χ4v) is 3.85. The number of aryl methyl sites for hydroxylation is 1. The van der Waals surface area contributed by atoms with Crippen LogP contribution >= 0.6 is 0 Å². The zero-order valence-corrected chi connectivity index (χ0v) is 14.5. The summed E-state index contributed by atoms with van der Waals surface area (Å²) in [5, 5.41) is 19.8. The minimum Gasteiger partial charge on any atom is -0.378 e. The quantitative estimate of drug-likeness (QED) is 0.648. The van der Waals surface area contributed by atoms with Crippen molar-refractivity contribution in [3.8, 4) is 0 Å². The first-order valence-electron chi connectivity index (χ1n) is 9.07. The normalized spacial score (nSPS) is 20.5. The molecule has 10 heteroatoms. The van der Waals surface area contributed by atoms with Gasteiger partial charge < -0.3 is 15.2 Å². The van der Waals surface area contributed by atoms with Crippen LogP contribution in [0.5, 0.6) is 0 Å². The molecule has 1 saturated heterocycles. The van der Waals surface area contributed by atoms with Gasteiger partial charge in [0.05, 0.1) is 4.92 Å². The Kier molecular flexibility index (Phi) is 4.39. The summed E-state index contributed by atoms with van der Waals surface area (Å²) in [5.41, 5.74) is 5.46. The van der Waals surface area contributed by atoms with Crippen LogP contribution in [0.25, 0.3) is 0 Å². The van der Waals surface area contributed by atoms with E-state index in [-0.39, 0.29) is 17.4 Å². The molecule has 0 bridgehead atoms. The molecule has 0 radical (unpaired) electrons. The number of anilines is 2. The number of nitro groups is 1. The average Bonchev–Trinajstić information content (AvgIpc) is 2.90. The zero-order chi connectivity index (χ0) is 18.1. The SMILES string of the molecule is Nc1nc(N2CCCC(c3nnc4n3CCCCC4)C2)ncc1[N+](=O)[O-]. The molecule has 2 N–H and O–H groups in total. The summed E-state index contributed by atoms with van der Waals surface area (Å²) in [4.78, 5) is 20.7. The van der Waals surface area contributed by atoms with Gasteiger partial charge in [-0.3, -0.25) is 10.1 Å². The standard InChI is InChI=1S/C16H22N8O2/c17-14-12(24(25)26)9-18-16(19-14)22-7-4-5-11(10-22)15-21-20-13-6-2-1-3-8-23(13)15/h9,11H,1-8,10H2,(H2,17,18,19). The summed E-state index contributed by atoms with van der Waals surface area (Å²) < 4.78 is 2.28. The number of hydrogen-bond acceptors (Lipinski definition) is 8. The monoisotopic (exact) mass is 358 g/mol. The number of nitrogen functional groups attached to an aromatic ring is 1. The number of rotatable bonds is 3. The molecule has 138 valence electrons. The van der Waals surface area contributed by atoms with E-state index in [1.54, 1.807) is 0 Å². The molecule has 0 amide bonds. The number of fused-ring (bicyclic) bond motifs is 1. The molecule has 0 spiro atoms. The zero-order valence-electron chi connectivity index (χ0n) is 14.5. The summed E-state index contributed by atoms with van der Waals surface area (Å²) >= 11 is 0. The molecule has 2 aliphatic heterocycles. The van der Waals surface area contributed by atoms with Crippen molar-refractivity contribution in [1.29, 1.82) is 0 Å². The maximum absolute atomic E-state index is 10.9. The highest BCUT2D eigenvalue weighted by molar-refractivity contribution is 5.54. The third kappa shape index (κ3) is 3.06. The highest BCUT2D eigenvalue weighted by Crippen LogP contribution is 2.30. The van der Waals surface area contributed by atoms with Gasteiger partial charge in [-0.2, -0.15) is 4.98 Å². The molecule has 26 heavy (non-hydrogen) atoms. The maximum atomic E-state index is 10.9. The van der Waals surface area contributed by atoms with E-state index in [9.17, 15) is 10.1 Å². The van der Waals surface area contributed by atoms with Crippen molar-refractivity contribution in [3.05, 3.63) is 28.0 Å². The van der Waals surface area contributed by atoms with Crippen LogP contribution < -0.4 is 10.6 Å². The second-order valence-electron chi connectivity index (χ2n) is 6.92. The van der Waals surface area contributed by atoms with Crippen molar-refractivity contribution >= 4 is 17.5 Å². The Balaban J connectivity index is 1.56. The minimum atomic E-state index is -0.566. The van der Waals surface area contributed by atoms with E-state index in [0.29, 0.717) is 5.95 Å². The van der Waals surface area contributed by atoms with Crippen LogP contribution in [0.3, 0.4) is 0 Å². The fourth-order valence-electron chi connectivity index (χ4n) is 3.85. The number of nitrogens with zero attached hydrogens (tertiary/aromatic N) is 7. The average molecular weight is 358 g/mol. The molecule has 0 aliphatic carbocycles. The Labute approximate surface area is 150 Å². The topological polar surface area (TPSA) is 129 Å². The van der Waals surface area contributed by atoms with Gasteiger partial charge in [-0.15, -0.1) is 10.2 Å². The molecule has 2 aromatic heterocycles. The lowest BCUT2D eigenvalue weighted by Gasteiger charge is -2.32. The summed E-state index contributed by atoms with van der Waals surface area (Å²) in [7, 11) is 0. The third-order valence-electron chi connectivity index (χ3n) is 5.19. The molecule has 2 aliphatic rings. The summed E-state index contributed by atoms with van der Waals surface area (Å²) in [5.74, 6) is 2.72. The van der Waals surface area contributed by atoms with Crippen molar-refractivity contribution in [3.63, 3.8) is 0 Å². The molecular weight excluding hydrogens is 336 g/mol.